The minimum atomic E-state index is -0.414. The van der Waals surface area contributed by atoms with Crippen molar-refractivity contribution in [3.05, 3.63) is 59.2 Å². The molecule has 0 saturated heterocycles. The monoisotopic (exact) mass is 384 g/mol. The molecule has 0 radical (unpaired) electrons. The molecule has 0 atom stereocenters. The van der Waals surface area contributed by atoms with Crippen LogP contribution in [0.2, 0.25) is 5.02 Å². The number of hydrogen-bond donors (Lipinski definition) is 1. The highest BCUT2D eigenvalue weighted by atomic mass is 35.5. The first-order valence-corrected chi connectivity index (χ1v) is 9.13. The number of benzene rings is 1. The van der Waals surface area contributed by atoms with Gasteiger partial charge in [0, 0.05) is 23.7 Å². The fourth-order valence-electron chi connectivity index (χ4n) is 2.62. The van der Waals surface area contributed by atoms with Crippen LogP contribution in [0.5, 0.6) is 5.88 Å². The summed E-state index contributed by atoms with van der Waals surface area (Å²) in [7, 11) is 0. The number of hydrogen-bond acceptors (Lipinski definition) is 4. The standard InChI is InChI=1S/C20H21ClN4O2/c1-4-27-18-11-10-15(21)19(23-18)20(26)22-17-12-16(24-25(17)13(2)3)14-8-6-5-7-9-14/h5-13H,4H2,1-3H3,(H,22,26). The van der Waals surface area contributed by atoms with Crippen molar-refractivity contribution >= 4 is 23.3 Å². The molecule has 7 heteroatoms. The van der Waals surface area contributed by atoms with Crippen LogP contribution in [-0.2, 0) is 0 Å². The van der Waals surface area contributed by atoms with Crippen LogP contribution in [0.25, 0.3) is 11.3 Å². The van der Waals surface area contributed by atoms with Crippen molar-refractivity contribution < 1.29 is 9.53 Å². The van der Waals surface area contributed by atoms with E-state index in [1.54, 1.807) is 16.8 Å². The highest BCUT2D eigenvalue weighted by Gasteiger charge is 2.18. The largest absolute Gasteiger partial charge is 0.478 e. The molecule has 1 amide bonds. The molecule has 27 heavy (non-hydrogen) atoms. The maximum atomic E-state index is 12.8. The number of pyridine rings is 1. The van der Waals surface area contributed by atoms with Gasteiger partial charge in [-0.1, -0.05) is 41.9 Å². The Morgan fingerprint density at radius 2 is 1.96 bits per heavy atom. The minimum Gasteiger partial charge on any atom is -0.478 e. The molecule has 0 spiro atoms. The van der Waals surface area contributed by atoms with E-state index in [0.717, 1.165) is 11.3 Å². The second-order valence-electron chi connectivity index (χ2n) is 6.19. The summed E-state index contributed by atoms with van der Waals surface area (Å²) >= 11 is 6.16. The molecule has 0 aliphatic carbocycles. The number of carbonyl (C=O) groups is 1. The molecule has 6 nitrogen and oxygen atoms in total. The minimum absolute atomic E-state index is 0.0657. The van der Waals surface area contributed by atoms with Gasteiger partial charge in [0.25, 0.3) is 5.91 Å². The lowest BCUT2D eigenvalue weighted by molar-refractivity contribution is 0.102. The average Bonchev–Trinajstić information content (AvgIpc) is 3.08. The number of nitrogens with zero attached hydrogens (tertiary/aromatic N) is 3. The van der Waals surface area contributed by atoms with Crippen LogP contribution in [-0.4, -0.2) is 27.3 Å². The number of ether oxygens (including phenoxy) is 1. The van der Waals surface area contributed by atoms with Gasteiger partial charge in [0.05, 0.1) is 17.3 Å². The molecule has 140 valence electrons. The maximum absolute atomic E-state index is 12.8. The second-order valence-corrected chi connectivity index (χ2v) is 6.59. The molecule has 3 rings (SSSR count). The van der Waals surface area contributed by atoms with Gasteiger partial charge in [-0.15, -0.1) is 0 Å². The summed E-state index contributed by atoms with van der Waals surface area (Å²) in [5.74, 6) is 0.519. The molecule has 0 unspecified atom stereocenters. The lowest BCUT2D eigenvalue weighted by atomic mass is 10.1. The zero-order valence-corrected chi connectivity index (χ0v) is 16.2. The molecular weight excluding hydrogens is 364 g/mol. The fourth-order valence-corrected chi connectivity index (χ4v) is 2.81. The topological polar surface area (TPSA) is 69.0 Å². The maximum Gasteiger partial charge on any atom is 0.277 e. The second kappa shape index (κ2) is 8.22. The molecule has 0 saturated carbocycles. The molecule has 3 aromatic rings. The van der Waals surface area contributed by atoms with E-state index >= 15 is 0 Å². The third-order valence-electron chi connectivity index (χ3n) is 3.86. The van der Waals surface area contributed by atoms with E-state index in [-0.39, 0.29) is 16.8 Å². The lowest BCUT2D eigenvalue weighted by Gasteiger charge is -2.12. The van der Waals surface area contributed by atoms with E-state index in [1.807, 2.05) is 57.2 Å². The predicted molar refractivity (Wildman–Crippen MR) is 106 cm³/mol. The van der Waals surface area contributed by atoms with Crippen molar-refractivity contribution in [3.63, 3.8) is 0 Å². The van der Waals surface area contributed by atoms with Crippen molar-refractivity contribution in [3.8, 4) is 17.1 Å². The van der Waals surface area contributed by atoms with Crippen molar-refractivity contribution in [2.24, 2.45) is 0 Å². The summed E-state index contributed by atoms with van der Waals surface area (Å²) in [5.41, 5.74) is 1.86. The van der Waals surface area contributed by atoms with E-state index in [4.69, 9.17) is 16.3 Å². The van der Waals surface area contributed by atoms with Crippen LogP contribution >= 0.6 is 11.6 Å². The Bertz CT molecular complexity index is 938. The van der Waals surface area contributed by atoms with Crippen LogP contribution in [0, 0.1) is 0 Å². The zero-order chi connectivity index (χ0) is 19.4. The van der Waals surface area contributed by atoms with E-state index < -0.39 is 5.91 Å². The van der Waals surface area contributed by atoms with Gasteiger partial charge >= 0.3 is 0 Å². The Hall–Kier alpha value is -2.86. The van der Waals surface area contributed by atoms with Crippen molar-refractivity contribution in [2.45, 2.75) is 26.8 Å². The first-order chi connectivity index (χ1) is 13.0. The van der Waals surface area contributed by atoms with Crippen LogP contribution in [0.15, 0.2) is 48.5 Å². The Balaban J connectivity index is 1.92. The number of rotatable bonds is 6. The Kier molecular flexibility index (Phi) is 5.76. The predicted octanol–water partition coefficient (Wildman–Crippen LogP) is 4.83. The summed E-state index contributed by atoms with van der Waals surface area (Å²) in [4.78, 5) is 17.0. The van der Waals surface area contributed by atoms with Gasteiger partial charge in [-0.2, -0.15) is 5.10 Å². The van der Waals surface area contributed by atoms with Crippen molar-refractivity contribution in [2.75, 3.05) is 11.9 Å². The van der Waals surface area contributed by atoms with Crippen LogP contribution in [0.1, 0.15) is 37.3 Å². The normalized spacial score (nSPS) is 10.9. The third kappa shape index (κ3) is 4.28. The molecule has 0 bridgehead atoms. The molecule has 2 heterocycles. The van der Waals surface area contributed by atoms with E-state index in [2.05, 4.69) is 15.4 Å². The van der Waals surface area contributed by atoms with Crippen LogP contribution in [0.4, 0.5) is 5.82 Å². The Labute approximate surface area is 163 Å². The van der Waals surface area contributed by atoms with E-state index in [0.29, 0.717) is 18.3 Å². The van der Waals surface area contributed by atoms with Crippen LogP contribution < -0.4 is 10.1 Å². The van der Waals surface area contributed by atoms with E-state index in [1.165, 1.54) is 0 Å². The zero-order valence-electron chi connectivity index (χ0n) is 15.4. The number of amides is 1. The third-order valence-corrected chi connectivity index (χ3v) is 4.17. The van der Waals surface area contributed by atoms with Gasteiger partial charge < -0.3 is 10.1 Å². The summed E-state index contributed by atoms with van der Waals surface area (Å²) < 4.78 is 7.12. The Morgan fingerprint density at radius 1 is 1.22 bits per heavy atom. The number of aromatic nitrogens is 3. The van der Waals surface area contributed by atoms with Gasteiger partial charge in [-0.3, -0.25) is 4.79 Å². The summed E-state index contributed by atoms with van der Waals surface area (Å²) in [6.45, 7) is 6.30. The summed E-state index contributed by atoms with van der Waals surface area (Å²) in [6, 6.07) is 14.9. The highest BCUT2D eigenvalue weighted by molar-refractivity contribution is 6.34. The smallest absolute Gasteiger partial charge is 0.277 e. The van der Waals surface area contributed by atoms with Gasteiger partial charge in [0.1, 0.15) is 5.82 Å². The molecule has 2 aromatic heterocycles. The highest BCUT2D eigenvalue weighted by Crippen LogP contribution is 2.26. The Morgan fingerprint density at radius 3 is 2.63 bits per heavy atom. The molecular formula is C20H21ClN4O2. The lowest BCUT2D eigenvalue weighted by Crippen LogP contribution is -2.18. The molecule has 0 aliphatic rings. The fraction of sp³-hybridized carbons (Fsp3) is 0.250. The molecule has 1 N–H and O–H groups in total. The molecule has 0 fully saturated rings. The number of carbonyl (C=O) groups excluding carboxylic acids is 1. The number of nitrogens with one attached hydrogen (secondary N) is 1. The van der Waals surface area contributed by atoms with Gasteiger partial charge in [-0.25, -0.2) is 9.67 Å². The van der Waals surface area contributed by atoms with Gasteiger partial charge in [-0.05, 0) is 26.8 Å². The SMILES string of the molecule is CCOc1ccc(Cl)c(C(=O)Nc2cc(-c3ccccc3)nn2C(C)C)n1. The number of anilines is 1. The van der Waals surface area contributed by atoms with Crippen molar-refractivity contribution in [1.29, 1.82) is 0 Å². The summed E-state index contributed by atoms with van der Waals surface area (Å²) in [6.07, 6.45) is 0. The quantitative estimate of drug-likeness (QED) is 0.660. The van der Waals surface area contributed by atoms with Crippen LogP contribution in [0.3, 0.4) is 0 Å². The van der Waals surface area contributed by atoms with Crippen molar-refractivity contribution in [1.82, 2.24) is 14.8 Å². The van der Waals surface area contributed by atoms with Gasteiger partial charge in [0.2, 0.25) is 5.88 Å². The number of halogens is 1. The average molecular weight is 385 g/mol. The molecule has 0 aliphatic heterocycles. The van der Waals surface area contributed by atoms with E-state index in [9.17, 15) is 4.79 Å². The first-order valence-electron chi connectivity index (χ1n) is 8.75. The van der Waals surface area contributed by atoms with Gasteiger partial charge in [0.15, 0.2) is 5.69 Å². The molecule has 1 aromatic carbocycles. The summed E-state index contributed by atoms with van der Waals surface area (Å²) in [5, 5.41) is 7.75. The first kappa shape index (κ1) is 18.9.